The number of rotatable bonds is 4. The zero-order valence-electron chi connectivity index (χ0n) is 12.6. The summed E-state index contributed by atoms with van der Waals surface area (Å²) >= 11 is 0. The predicted molar refractivity (Wildman–Crippen MR) is 83.9 cm³/mol. The zero-order valence-corrected chi connectivity index (χ0v) is 12.6. The Hall–Kier alpha value is -2.10. The van der Waals surface area contributed by atoms with E-state index in [4.69, 9.17) is 9.72 Å². The molecule has 0 saturated heterocycles. The van der Waals surface area contributed by atoms with Gasteiger partial charge in [0.2, 0.25) is 5.91 Å². The topological polar surface area (TPSA) is 42.4 Å². The fraction of sp³-hybridized carbons (Fsp3) is 0.412. The summed E-state index contributed by atoms with van der Waals surface area (Å²) in [5.41, 5.74) is 2.04. The Morgan fingerprint density at radius 2 is 2.24 bits per heavy atom. The van der Waals surface area contributed by atoms with Gasteiger partial charge in [0, 0.05) is 24.4 Å². The standard InChI is InChI=1S/C17H20N2O2/c1-3-4-5-16(20)19-9-8-13-10-12-6-7-14(21-2)11-15(12)18-17(13)19/h6-7,10-11H,3-5,8-9H2,1-2H3. The highest BCUT2D eigenvalue weighted by molar-refractivity contribution is 5.96. The monoisotopic (exact) mass is 284 g/mol. The zero-order chi connectivity index (χ0) is 14.8. The largest absolute Gasteiger partial charge is 0.497 e. The Morgan fingerprint density at radius 1 is 1.38 bits per heavy atom. The summed E-state index contributed by atoms with van der Waals surface area (Å²) in [7, 11) is 1.65. The van der Waals surface area contributed by atoms with Crippen LogP contribution in [0.1, 0.15) is 31.7 Å². The van der Waals surface area contributed by atoms with Gasteiger partial charge in [0.05, 0.1) is 12.6 Å². The maximum atomic E-state index is 12.3. The molecule has 4 nitrogen and oxygen atoms in total. The van der Waals surface area contributed by atoms with Gasteiger partial charge in [-0.1, -0.05) is 13.3 Å². The van der Waals surface area contributed by atoms with Crippen LogP contribution in [0.4, 0.5) is 5.82 Å². The lowest BCUT2D eigenvalue weighted by atomic mass is 10.1. The van der Waals surface area contributed by atoms with Crippen LogP contribution in [-0.2, 0) is 11.2 Å². The molecule has 0 atom stereocenters. The van der Waals surface area contributed by atoms with Crippen LogP contribution in [0.3, 0.4) is 0 Å². The SMILES string of the molecule is CCCCC(=O)N1CCc2cc3ccc(OC)cc3nc21. The van der Waals surface area contributed by atoms with Gasteiger partial charge < -0.3 is 4.74 Å². The van der Waals surface area contributed by atoms with Crippen LogP contribution in [0.5, 0.6) is 5.75 Å². The third-order valence-electron chi connectivity index (χ3n) is 3.99. The second kappa shape index (κ2) is 5.72. The minimum absolute atomic E-state index is 0.186. The highest BCUT2D eigenvalue weighted by Crippen LogP contribution is 2.31. The summed E-state index contributed by atoms with van der Waals surface area (Å²) < 4.78 is 5.25. The molecular weight excluding hydrogens is 264 g/mol. The average molecular weight is 284 g/mol. The quantitative estimate of drug-likeness (QED) is 0.865. The minimum Gasteiger partial charge on any atom is -0.497 e. The molecule has 110 valence electrons. The number of benzene rings is 1. The number of pyridine rings is 1. The number of methoxy groups -OCH3 is 1. The summed E-state index contributed by atoms with van der Waals surface area (Å²) in [6.07, 6.45) is 3.47. The molecule has 3 rings (SSSR count). The normalized spacial score (nSPS) is 13.5. The molecular formula is C17H20N2O2. The predicted octanol–water partition coefficient (Wildman–Crippen LogP) is 3.32. The molecule has 1 amide bonds. The second-order valence-electron chi connectivity index (χ2n) is 5.43. The van der Waals surface area contributed by atoms with E-state index in [2.05, 4.69) is 13.0 Å². The first-order chi connectivity index (χ1) is 10.2. The van der Waals surface area contributed by atoms with Crippen molar-refractivity contribution in [3.8, 4) is 5.75 Å². The van der Waals surface area contributed by atoms with Gasteiger partial charge in [-0.2, -0.15) is 0 Å². The highest BCUT2D eigenvalue weighted by Gasteiger charge is 2.26. The van der Waals surface area contributed by atoms with E-state index in [1.54, 1.807) is 7.11 Å². The van der Waals surface area contributed by atoms with Gasteiger partial charge in [-0.15, -0.1) is 0 Å². The van der Waals surface area contributed by atoms with E-state index in [1.807, 2.05) is 23.1 Å². The number of hydrogen-bond acceptors (Lipinski definition) is 3. The van der Waals surface area contributed by atoms with Gasteiger partial charge in [-0.3, -0.25) is 9.69 Å². The van der Waals surface area contributed by atoms with Crippen LogP contribution >= 0.6 is 0 Å². The molecule has 0 fully saturated rings. The summed E-state index contributed by atoms with van der Waals surface area (Å²) in [5, 5.41) is 1.09. The molecule has 0 spiro atoms. The van der Waals surface area contributed by atoms with Crippen molar-refractivity contribution in [2.24, 2.45) is 0 Å². The number of anilines is 1. The number of ether oxygens (including phenoxy) is 1. The van der Waals surface area contributed by atoms with Crippen molar-refractivity contribution < 1.29 is 9.53 Å². The number of amides is 1. The number of hydrogen-bond donors (Lipinski definition) is 0. The fourth-order valence-corrected chi connectivity index (χ4v) is 2.77. The maximum absolute atomic E-state index is 12.3. The Kier molecular flexibility index (Phi) is 3.78. The molecule has 2 heterocycles. The van der Waals surface area contributed by atoms with E-state index in [9.17, 15) is 4.79 Å². The Bertz CT molecular complexity index is 682. The molecule has 0 unspecified atom stereocenters. The summed E-state index contributed by atoms with van der Waals surface area (Å²) in [6, 6.07) is 8.02. The van der Waals surface area contributed by atoms with Crippen molar-refractivity contribution in [1.29, 1.82) is 0 Å². The lowest BCUT2D eigenvalue weighted by molar-refractivity contribution is -0.118. The van der Waals surface area contributed by atoms with Gasteiger partial charge in [0.15, 0.2) is 0 Å². The minimum atomic E-state index is 0.186. The first kappa shape index (κ1) is 13.9. The lowest BCUT2D eigenvalue weighted by Gasteiger charge is -2.16. The Labute approximate surface area is 124 Å². The number of unbranched alkanes of at least 4 members (excludes halogenated alkanes) is 1. The van der Waals surface area contributed by atoms with E-state index in [0.29, 0.717) is 6.42 Å². The van der Waals surface area contributed by atoms with Gasteiger partial charge in [-0.05, 0) is 36.6 Å². The number of fused-ring (bicyclic) bond motifs is 2. The average Bonchev–Trinajstić information content (AvgIpc) is 2.92. The van der Waals surface area contributed by atoms with Crippen molar-refractivity contribution in [2.45, 2.75) is 32.6 Å². The molecule has 21 heavy (non-hydrogen) atoms. The van der Waals surface area contributed by atoms with Gasteiger partial charge in [0.1, 0.15) is 11.6 Å². The van der Waals surface area contributed by atoms with Crippen molar-refractivity contribution in [3.63, 3.8) is 0 Å². The van der Waals surface area contributed by atoms with Crippen LogP contribution in [-0.4, -0.2) is 24.5 Å². The lowest BCUT2D eigenvalue weighted by Crippen LogP contribution is -2.29. The van der Waals surface area contributed by atoms with E-state index >= 15 is 0 Å². The third kappa shape index (κ3) is 2.58. The van der Waals surface area contributed by atoms with Gasteiger partial charge >= 0.3 is 0 Å². The van der Waals surface area contributed by atoms with Crippen LogP contribution in [0, 0.1) is 0 Å². The molecule has 4 heteroatoms. The molecule has 0 saturated carbocycles. The number of carbonyl (C=O) groups excluding carboxylic acids is 1. The second-order valence-corrected chi connectivity index (χ2v) is 5.43. The van der Waals surface area contributed by atoms with E-state index < -0.39 is 0 Å². The fourth-order valence-electron chi connectivity index (χ4n) is 2.77. The first-order valence-corrected chi connectivity index (χ1v) is 7.51. The van der Waals surface area contributed by atoms with E-state index in [0.717, 1.165) is 53.8 Å². The number of aromatic nitrogens is 1. The summed E-state index contributed by atoms with van der Waals surface area (Å²) in [4.78, 5) is 18.8. The van der Waals surface area contributed by atoms with Crippen molar-refractivity contribution in [2.75, 3.05) is 18.6 Å². The van der Waals surface area contributed by atoms with Crippen LogP contribution in [0.25, 0.3) is 10.9 Å². The molecule has 1 aromatic carbocycles. The number of nitrogens with zero attached hydrogens (tertiary/aromatic N) is 2. The van der Waals surface area contributed by atoms with Gasteiger partial charge in [-0.25, -0.2) is 4.98 Å². The van der Waals surface area contributed by atoms with E-state index in [-0.39, 0.29) is 5.91 Å². The third-order valence-corrected chi connectivity index (χ3v) is 3.99. The molecule has 0 radical (unpaired) electrons. The molecule has 0 bridgehead atoms. The number of carbonyl (C=O) groups is 1. The molecule has 0 N–H and O–H groups in total. The smallest absolute Gasteiger partial charge is 0.228 e. The molecule has 1 aliphatic heterocycles. The maximum Gasteiger partial charge on any atom is 0.228 e. The van der Waals surface area contributed by atoms with Crippen molar-refractivity contribution in [3.05, 3.63) is 29.8 Å². The van der Waals surface area contributed by atoms with Crippen LogP contribution < -0.4 is 9.64 Å². The first-order valence-electron chi connectivity index (χ1n) is 7.51. The van der Waals surface area contributed by atoms with Gasteiger partial charge in [0.25, 0.3) is 0 Å². The van der Waals surface area contributed by atoms with Crippen LogP contribution in [0.15, 0.2) is 24.3 Å². The highest BCUT2D eigenvalue weighted by atomic mass is 16.5. The molecule has 1 aliphatic rings. The molecule has 1 aromatic heterocycles. The molecule has 2 aromatic rings. The van der Waals surface area contributed by atoms with E-state index in [1.165, 1.54) is 0 Å². The van der Waals surface area contributed by atoms with Crippen LogP contribution in [0.2, 0.25) is 0 Å². The van der Waals surface area contributed by atoms with Crippen molar-refractivity contribution >= 4 is 22.6 Å². The Morgan fingerprint density at radius 3 is 3.00 bits per heavy atom. The Balaban J connectivity index is 1.97. The summed E-state index contributed by atoms with van der Waals surface area (Å²) in [6.45, 7) is 2.85. The van der Waals surface area contributed by atoms with Crippen molar-refractivity contribution in [1.82, 2.24) is 4.98 Å². The summed E-state index contributed by atoms with van der Waals surface area (Å²) in [5.74, 6) is 1.80. The molecule has 0 aliphatic carbocycles.